The number of carboxylic acid groups (broad SMARTS) is 2. The number of hydrogen-bond acceptors (Lipinski definition) is 3. The second kappa shape index (κ2) is 12.9. The van der Waals surface area contributed by atoms with Crippen LogP contribution in [-0.2, 0) is 17.6 Å². The van der Waals surface area contributed by atoms with Crippen molar-refractivity contribution in [2.75, 3.05) is 13.1 Å². The average molecular weight is 428 g/mol. The van der Waals surface area contributed by atoms with E-state index in [1.165, 1.54) is 0 Å². The predicted octanol–water partition coefficient (Wildman–Crippen LogP) is 2.89. The summed E-state index contributed by atoms with van der Waals surface area (Å²) in [5, 5.41) is 25.2. The molecule has 0 bridgehead atoms. The molecule has 8 heteroatoms. The van der Waals surface area contributed by atoms with Crippen molar-refractivity contribution in [3.05, 3.63) is 71.8 Å². The monoisotopic (exact) mass is 427 g/mol. The van der Waals surface area contributed by atoms with E-state index in [-0.39, 0.29) is 24.9 Å². The minimum Gasteiger partial charge on any atom is -0.465 e. The van der Waals surface area contributed by atoms with Gasteiger partial charge in [0.25, 0.3) is 0 Å². The lowest BCUT2D eigenvalue weighted by Crippen LogP contribution is -2.45. The predicted molar refractivity (Wildman–Crippen MR) is 117 cm³/mol. The van der Waals surface area contributed by atoms with Gasteiger partial charge in [-0.1, -0.05) is 60.7 Å². The maximum atomic E-state index is 13.0. The average Bonchev–Trinajstić information content (AvgIpc) is 2.75. The normalized spacial score (nSPS) is 11.5. The van der Waals surface area contributed by atoms with Crippen LogP contribution in [0.1, 0.15) is 24.0 Å². The molecule has 0 aliphatic rings. The molecule has 0 fully saturated rings. The molecule has 0 saturated heterocycles. The fraction of sp³-hybridized carbons (Fsp3) is 0.348. The van der Waals surface area contributed by atoms with E-state index < -0.39 is 18.2 Å². The summed E-state index contributed by atoms with van der Waals surface area (Å²) < 4.78 is 0. The summed E-state index contributed by atoms with van der Waals surface area (Å²) in [6.07, 6.45) is -0.321. The van der Waals surface area contributed by atoms with Crippen LogP contribution in [0.25, 0.3) is 0 Å². The molecule has 3 amide bonds. The van der Waals surface area contributed by atoms with Gasteiger partial charge < -0.3 is 26.2 Å². The molecule has 0 aromatic heterocycles. The summed E-state index contributed by atoms with van der Waals surface area (Å²) in [5.74, 6) is -0.447. The van der Waals surface area contributed by atoms with Gasteiger partial charge in [-0.05, 0) is 36.8 Å². The third-order valence-corrected chi connectivity index (χ3v) is 4.88. The first-order valence-corrected chi connectivity index (χ1v) is 10.3. The highest BCUT2D eigenvalue weighted by molar-refractivity contribution is 5.79. The Labute approximate surface area is 181 Å². The number of carbonyl (C=O) groups is 3. The lowest BCUT2D eigenvalue weighted by molar-refractivity contribution is -0.125. The molecule has 31 heavy (non-hydrogen) atoms. The second-order valence-electron chi connectivity index (χ2n) is 7.34. The third-order valence-electron chi connectivity index (χ3n) is 4.88. The molecular formula is C23H29N3O5. The van der Waals surface area contributed by atoms with Crippen molar-refractivity contribution in [2.45, 2.75) is 31.7 Å². The number of carbonyl (C=O) groups excluding carboxylic acids is 1. The van der Waals surface area contributed by atoms with Crippen molar-refractivity contribution >= 4 is 18.1 Å². The number of hydrogen-bond donors (Lipinski definition) is 5. The molecule has 0 spiro atoms. The van der Waals surface area contributed by atoms with Crippen LogP contribution in [0.2, 0.25) is 0 Å². The van der Waals surface area contributed by atoms with Crippen LogP contribution in [0.4, 0.5) is 9.59 Å². The fourth-order valence-corrected chi connectivity index (χ4v) is 3.37. The summed E-state index contributed by atoms with van der Waals surface area (Å²) in [6, 6.07) is 19.0. The quantitative estimate of drug-likeness (QED) is 0.333. The van der Waals surface area contributed by atoms with E-state index in [0.29, 0.717) is 25.7 Å². The first-order valence-electron chi connectivity index (χ1n) is 10.3. The van der Waals surface area contributed by atoms with Gasteiger partial charge in [0.1, 0.15) is 0 Å². The first-order chi connectivity index (χ1) is 14.9. The molecule has 0 unspecified atom stereocenters. The van der Waals surface area contributed by atoms with E-state index in [4.69, 9.17) is 10.2 Å². The molecule has 166 valence electrons. The zero-order chi connectivity index (χ0) is 22.5. The van der Waals surface area contributed by atoms with Crippen molar-refractivity contribution in [3.8, 4) is 0 Å². The minimum absolute atomic E-state index is 0.137. The van der Waals surface area contributed by atoms with Crippen molar-refractivity contribution in [1.82, 2.24) is 16.0 Å². The Kier molecular flexibility index (Phi) is 9.87. The Morgan fingerprint density at radius 2 is 1.32 bits per heavy atom. The lowest BCUT2D eigenvalue weighted by Gasteiger charge is -2.21. The highest BCUT2D eigenvalue weighted by Crippen LogP contribution is 2.15. The molecule has 1 atom stereocenters. The Balaban J connectivity index is 1.98. The maximum absolute atomic E-state index is 13.0. The van der Waals surface area contributed by atoms with Gasteiger partial charge in [0.2, 0.25) is 5.91 Å². The van der Waals surface area contributed by atoms with E-state index >= 15 is 0 Å². The third kappa shape index (κ3) is 9.66. The van der Waals surface area contributed by atoms with E-state index in [2.05, 4.69) is 16.0 Å². The fourth-order valence-electron chi connectivity index (χ4n) is 3.37. The first kappa shape index (κ1) is 23.7. The SMILES string of the molecule is O=C(O)NCCC[C@@H](CNC(=O)C(Cc1ccccc1)Cc1ccccc1)NC(=O)O. The molecule has 0 aliphatic carbocycles. The summed E-state index contributed by atoms with van der Waals surface area (Å²) in [6.45, 7) is 0.351. The van der Waals surface area contributed by atoms with Crippen molar-refractivity contribution in [2.24, 2.45) is 5.92 Å². The molecule has 0 heterocycles. The van der Waals surface area contributed by atoms with Crippen molar-refractivity contribution in [3.63, 3.8) is 0 Å². The zero-order valence-electron chi connectivity index (χ0n) is 17.3. The summed E-state index contributed by atoms with van der Waals surface area (Å²) >= 11 is 0. The second-order valence-corrected chi connectivity index (χ2v) is 7.34. The summed E-state index contributed by atoms with van der Waals surface area (Å²) in [4.78, 5) is 34.6. The van der Waals surface area contributed by atoms with E-state index in [0.717, 1.165) is 11.1 Å². The van der Waals surface area contributed by atoms with Gasteiger partial charge in [-0.15, -0.1) is 0 Å². The molecule has 5 N–H and O–H groups in total. The Bertz CT molecular complexity index is 788. The van der Waals surface area contributed by atoms with Crippen molar-refractivity contribution < 1.29 is 24.6 Å². The smallest absolute Gasteiger partial charge is 0.404 e. The topological polar surface area (TPSA) is 128 Å². The molecule has 2 rings (SSSR count). The Morgan fingerprint density at radius 1 is 0.774 bits per heavy atom. The summed E-state index contributed by atoms with van der Waals surface area (Å²) in [7, 11) is 0. The highest BCUT2D eigenvalue weighted by Gasteiger charge is 2.21. The molecular weight excluding hydrogens is 398 g/mol. The zero-order valence-corrected chi connectivity index (χ0v) is 17.3. The molecule has 0 saturated carbocycles. The van der Waals surface area contributed by atoms with Crippen LogP contribution in [-0.4, -0.2) is 47.4 Å². The molecule has 2 aromatic rings. The van der Waals surface area contributed by atoms with Gasteiger partial charge in [0.15, 0.2) is 0 Å². The maximum Gasteiger partial charge on any atom is 0.404 e. The van der Waals surface area contributed by atoms with Gasteiger partial charge in [0.05, 0.1) is 0 Å². The van der Waals surface area contributed by atoms with Crippen LogP contribution in [0.3, 0.4) is 0 Å². The molecule has 0 aliphatic heterocycles. The van der Waals surface area contributed by atoms with E-state index in [9.17, 15) is 14.4 Å². The Hall–Kier alpha value is -3.55. The van der Waals surface area contributed by atoms with Gasteiger partial charge in [0, 0.05) is 25.0 Å². The van der Waals surface area contributed by atoms with Gasteiger partial charge in [-0.25, -0.2) is 9.59 Å². The lowest BCUT2D eigenvalue weighted by atomic mass is 9.91. The Morgan fingerprint density at radius 3 is 1.81 bits per heavy atom. The van der Waals surface area contributed by atoms with Gasteiger partial charge in [-0.3, -0.25) is 4.79 Å². The largest absolute Gasteiger partial charge is 0.465 e. The molecule has 8 nitrogen and oxygen atoms in total. The highest BCUT2D eigenvalue weighted by atomic mass is 16.4. The number of rotatable bonds is 12. The van der Waals surface area contributed by atoms with E-state index in [1.807, 2.05) is 60.7 Å². The summed E-state index contributed by atoms with van der Waals surface area (Å²) in [5.41, 5.74) is 2.11. The van der Waals surface area contributed by atoms with Crippen LogP contribution < -0.4 is 16.0 Å². The van der Waals surface area contributed by atoms with Crippen LogP contribution in [0, 0.1) is 5.92 Å². The number of benzene rings is 2. The minimum atomic E-state index is -1.18. The van der Waals surface area contributed by atoms with Crippen LogP contribution in [0.15, 0.2) is 60.7 Å². The van der Waals surface area contributed by atoms with Gasteiger partial charge in [-0.2, -0.15) is 0 Å². The van der Waals surface area contributed by atoms with Crippen molar-refractivity contribution in [1.29, 1.82) is 0 Å². The number of amides is 3. The number of nitrogens with one attached hydrogen (secondary N) is 3. The van der Waals surface area contributed by atoms with Crippen LogP contribution in [0.5, 0.6) is 0 Å². The van der Waals surface area contributed by atoms with Gasteiger partial charge >= 0.3 is 12.2 Å². The molecule has 2 aromatic carbocycles. The standard InChI is InChI=1S/C23H29N3O5/c27-21(25-16-20(26-23(30)31)12-7-13-24-22(28)29)19(14-17-8-3-1-4-9-17)15-18-10-5-2-6-11-18/h1-6,8-11,19-20,24,26H,7,12-16H2,(H,25,27)(H,28,29)(H,30,31)/t20-/m0/s1. The molecule has 0 radical (unpaired) electrons. The van der Waals surface area contributed by atoms with E-state index in [1.54, 1.807) is 0 Å². The van der Waals surface area contributed by atoms with Crippen LogP contribution >= 0.6 is 0 Å².